The minimum atomic E-state index is -3.20. The lowest BCUT2D eigenvalue weighted by atomic mass is 9.74. The lowest BCUT2D eigenvalue weighted by Gasteiger charge is -2.29. The second kappa shape index (κ2) is 16.9. The molecule has 0 saturated carbocycles. The van der Waals surface area contributed by atoms with Gasteiger partial charge in [-0.05, 0) is 81.2 Å². The molecular weight excluding hydrogens is 757 g/mol. The van der Waals surface area contributed by atoms with Crippen LogP contribution >= 0.6 is 35.3 Å². The summed E-state index contributed by atoms with van der Waals surface area (Å²) in [7, 11) is -1.14. The number of carbonyl (C=O) groups is 2. The van der Waals surface area contributed by atoms with Crippen LogP contribution in [0.3, 0.4) is 0 Å². The standard InChI is InChI=1S/C40H46N4O6S3Si/c1-7-43-37(47)35(53-39(43)51)38-44(25-33(45)41-26-54(48-8-2,49-9-3)50-10-4)36(46)31(52-38)22-23-32-40(5,24-27-16-12-11-13-17-27)34-29-19-15-14-18-28(29)20-21-30(34)42(32)6/h11-23H,7-10,24-26H2,1-6H3,(H,41,45)/b31-22-,32-23+,38-35+. The molecule has 3 aromatic carbocycles. The maximum Gasteiger partial charge on any atom is 0.521 e. The molecule has 6 rings (SSSR count). The third kappa shape index (κ3) is 7.65. The number of thiazole rings is 1. The number of hydrogen-bond acceptors (Lipinski definition) is 10. The molecule has 2 aliphatic heterocycles. The first-order valence-corrected chi connectivity index (χ1v) is 22.2. The fraction of sp³-hybridized carbons (Fsp3) is 0.350. The molecule has 284 valence electrons. The number of thiocarbonyl (C=S) groups is 1. The first-order chi connectivity index (χ1) is 26.0. The number of nitrogens with one attached hydrogen (secondary N) is 1. The van der Waals surface area contributed by atoms with Crippen molar-refractivity contribution >= 4 is 87.7 Å². The van der Waals surface area contributed by atoms with Gasteiger partial charge in [0.15, 0.2) is 0 Å². The Morgan fingerprint density at radius 2 is 1.59 bits per heavy atom. The number of benzene rings is 3. The van der Waals surface area contributed by atoms with Crippen molar-refractivity contribution in [3.63, 3.8) is 0 Å². The zero-order valence-electron chi connectivity index (χ0n) is 31.5. The van der Waals surface area contributed by atoms with E-state index in [-0.39, 0.29) is 24.2 Å². The second-order valence-corrected chi connectivity index (χ2v) is 18.4. The fourth-order valence-corrected chi connectivity index (χ4v) is 12.2. The van der Waals surface area contributed by atoms with E-state index in [1.165, 1.54) is 37.3 Å². The van der Waals surface area contributed by atoms with Crippen molar-refractivity contribution in [2.24, 2.45) is 0 Å². The zero-order chi connectivity index (χ0) is 38.6. The highest BCUT2D eigenvalue weighted by molar-refractivity contribution is 8.30. The molecular formula is C40H46N4O6S3Si. The number of nitrogens with zero attached hydrogens (tertiary/aromatic N) is 3. The van der Waals surface area contributed by atoms with Crippen LogP contribution in [0, 0.1) is 0 Å². The van der Waals surface area contributed by atoms with E-state index in [1.807, 2.05) is 45.9 Å². The number of fused-ring (bicyclic) bond motifs is 3. The minimum Gasteiger partial charge on any atom is -0.373 e. The normalized spacial score (nSPS) is 19.4. The number of anilines is 1. The van der Waals surface area contributed by atoms with Crippen LogP contribution in [0.15, 0.2) is 83.3 Å². The Bertz CT molecular complexity index is 2270. The van der Waals surface area contributed by atoms with Gasteiger partial charge in [0.05, 0.1) is 10.7 Å². The van der Waals surface area contributed by atoms with E-state index in [1.54, 1.807) is 0 Å². The summed E-state index contributed by atoms with van der Waals surface area (Å²) in [6.07, 6.45) is 4.62. The molecule has 14 heteroatoms. The van der Waals surface area contributed by atoms with Crippen molar-refractivity contribution in [1.29, 1.82) is 0 Å². The molecule has 1 saturated heterocycles. The van der Waals surface area contributed by atoms with Gasteiger partial charge in [0.2, 0.25) is 5.91 Å². The third-order valence-corrected chi connectivity index (χ3v) is 15.2. The lowest BCUT2D eigenvalue weighted by molar-refractivity contribution is -0.122. The van der Waals surface area contributed by atoms with Crippen molar-refractivity contribution in [3.8, 4) is 0 Å². The van der Waals surface area contributed by atoms with Crippen LogP contribution in [-0.4, -0.2) is 74.0 Å². The molecule has 1 atom stereocenters. The Balaban J connectivity index is 1.46. The van der Waals surface area contributed by atoms with E-state index in [4.69, 9.17) is 25.5 Å². The first kappa shape index (κ1) is 39.8. The van der Waals surface area contributed by atoms with Gasteiger partial charge in [0, 0.05) is 50.2 Å². The molecule has 1 fully saturated rings. The van der Waals surface area contributed by atoms with Crippen molar-refractivity contribution in [3.05, 3.63) is 109 Å². The van der Waals surface area contributed by atoms with Gasteiger partial charge >= 0.3 is 8.80 Å². The first-order valence-electron chi connectivity index (χ1n) is 18.2. The summed E-state index contributed by atoms with van der Waals surface area (Å²) in [5.41, 5.74) is 3.74. The lowest BCUT2D eigenvalue weighted by Crippen LogP contribution is -2.56. The van der Waals surface area contributed by atoms with Crippen LogP contribution in [0.2, 0.25) is 0 Å². The summed E-state index contributed by atoms with van der Waals surface area (Å²) >= 11 is 7.87. The van der Waals surface area contributed by atoms with E-state index in [0.717, 1.165) is 35.0 Å². The van der Waals surface area contributed by atoms with Gasteiger partial charge in [0.1, 0.15) is 20.4 Å². The summed E-state index contributed by atoms with van der Waals surface area (Å²) < 4.78 is 20.3. The zero-order valence-corrected chi connectivity index (χ0v) is 34.9. The topological polar surface area (TPSA) is 102 Å². The van der Waals surface area contributed by atoms with Gasteiger partial charge in [-0.25, -0.2) is 0 Å². The van der Waals surface area contributed by atoms with E-state index in [0.29, 0.717) is 44.8 Å². The molecule has 1 unspecified atom stereocenters. The van der Waals surface area contributed by atoms with E-state index in [9.17, 15) is 14.4 Å². The fourth-order valence-electron chi connectivity index (χ4n) is 7.37. The van der Waals surface area contributed by atoms with Gasteiger partial charge in [-0.1, -0.05) is 84.6 Å². The summed E-state index contributed by atoms with van der Waals surface area (Å²) in [4.78, 5) is 45.5. The quantitative estimate of drug-likeness (QED) is 0.138. The summed E-state index contributed by atoms with van der Waals surface area (Å²) in [6.45, 7) is 10.8. The predicted octanol–water partition coefficient (Wildman–Crippen LogP) is 5.07. The number of allylic oxidation sites excluding steroid dienone is 2. The largest absolute Gasteiger partial charge is 0.521 e. The van der Waals surface area contributed by atoms with Crippen molar-refractivity contribution in [1.82, 2.24) is 14.8 Å². The van der Waals surface area contributed by atoms with Crippen LogP contribution in [0.5, 0.6) is 0 Å². The molecule has 4 aromatic rings. The molecule has 0 aliphatic carbocycles. The molecule has 2 amide bonds. The van der Waals surface area contributed by atoms with Crippen molar-refractivity contribution in [2.75, 3.05) is 44.5 Å². The molecule has 1 aromatic heterocycles. The highest BCUT2D eigenvalue weighted by Gasteiger charge is 2.44. The van der Waals surface area contributed by atoms with Crippen LogP contribution < -0.4 is 25.0 Å². The second-order valence-electron chi connectivity index (χ2n) is 13.1. The number of hydrogen-bond donors (Lipinski definition) is 1. The van der Waals surface area contributed by atoms with E-state index < -0.39 is 20.1 Å². The third-order valence-electron chi connectivity index (χ3n) is 9.70. The Morgan fingerprint density at radius 1 is 0.926 bits per heavy atom. The van der Waals surface area contributed by atoms with Gasteiger partial charge in [-0.3, -0.25) is 23.9 Å². The van der Waals surface area contributed by atoms with E-state index in [2.05, 4.69) is 84.9 Å². The minimum absolute atomic E-state index is 0.0418. The van der Waals surface area contributed by atoms with Gasteiger partial charge in [-0.2, -0.15) is 0 Å². The molecule has 10 nitrogen and oxygen atoms in total. The molecule has 0 radical (unpaired) electrons. The average molecular weight is 803 g/mol. The number of aromatic nitrogens is 1. The average Bonchev–Trinajstić information content (AvgIpc) is 3.70. The smallest absolute Gasteiger partial charge is 0.373 e. The molecule has 3 heterocycles. The molecule has 0 spiro atoms. The number of likely N-dealkylation sites (N-methyl/N-ethyl adjacent to an activating group) is 1. The number of amides is 2. The van der Waals surface area contributed by atoms with Gasteiger partial charge < -0.3 is 23.5 Å². The Morgan fingerprint density at radius 3 is 2.24 bits per heavy atom. The van der Waals surface area contributed by atoms with E-state index >= 15 is 0 Å². The number of carbonyl (C=O) groups excluding carboxylic acids is 2. The Kier molecular flexibility index (Phi) is 12.4. The highest BCUT2D eigenvalue weighted by Crippen LogP contribution is 2.51. The number of thioether (sulfide) groups is 1. The monoisotopic (exact) mass is 802 g/mol. The molecule has 0 bridgehead atoms. The summed E-state index contributed by atoms with van der Waals surface area (Å²) in [5.74, 6) is -0.715. The predicted molar refractivity (Wildman–Crippen MR) is 225 cm³/mol. The molecule has 1 N–H and O–H groups in total. The van der Waals surface area contributed by atoms with Crippen LogP contribution in [0.25, 0.3) is 21.8 Å². The van der Waals surface area contributed by atoms with Gasteiger partial charge in [0.25, 0.3) is 11.5 Å². The summed E-state index contributed by atoms with van der Waals surface area (Å²) in [5, 5.41) is 5.24. The maximum atomic E-state index is 14.3. The van der Waals surface area contributed by atoms with Crippen LogP contribution in [0.1, 0.15) is 45.7 Å². The van der Waals surface area contributed by atoms with Crippen molar-refractivity contribution in [2.45, 2.75) is 53.0 Å². The molecule has 54 heavy (non-hydrogen) atoms. The molecule has 2 aliphatic rings. The number of rotatable bonds is 14. The summed E-state index contributed by atoms with van der Waals surface area (Å²) in [6, 6.07) is 23.2. The van der Waals surface area contributed by atoms with Crippen LogP contribution in [0.4, 0.5) is 5.69 Å². The Labute approximate surface area is 330 Å². The highest BCUT2D eigenvalue weighted by atomic mass is 32.2. The van der Waals surface area contributed by atoms with Crippen LogP contribution in [-0.2, 0) is 41.2 Å². The Hall–Kier alpha value is -3.89. The maximum absolute atomic E-state index is 14.3. The van der Waals surface area contributed by atoms with Crippen molar-refractivity contribution < 1.29 is 22.9 Å². The SMILES string of the molecule is CCO[Si](CNC(=O)Cn1c(=O)/c(=C/C=C2/N(C)c3ccc4ccccc4c3C2(C)Cc2ccccc2)s/c1=C1/SC(=S)N(CC)C1=O)(OCC)OCC. The van der Waals surface area contributed by atoms with Gasteiger partial charge in [-0.15, -0.1) is 11.3 Å².